The van der Waals surface area contributed by atoms with Gasteiger partial charge in [0.05, 0.1) is 0 Å². The summed E-state index contributed by atoms with van der Waals surface area (Å²) in [6.07, 6.45) is 1.74. The third-order valence-corrected chi connectivity index (χ3v) is 1.78. The highest BCUT2D eigenvalue weighted by molar-refractivity contribution is 5.85. The van der Waals surface area contributed by atoms with Crippen molar-refractivity contribution in [3.05, 3.63) is 0 Å². The van der Waals surface area contributed by atoms with Crippen molar-refractivity contribution in [1.82, 2.24) is 0 Å². The Labute approximate surface area is 79.7 Å². The average Bonchev–Trinajstić information content (AvgIpc) is 1.86. The number of hydrogen-bond acceptors (Lipinski definition) is 2. The lowest BCUT2D eigenvalue weighted by molar-refractivity contribution is -0.137. The van der Waals surface area contributed by atoms with Crippen molar-refractivity contribution >= 4 is 18.4 Å². The fourth-order valence-corrected chi connectivity index (χ4v) is 0.822. The number of hydrogen-bond donors (Lipinski definition) is 2. The van der Waals surface area contributed by atoms with E-state index in [1.54, 1.807) is 0 Å². The summed E-state index contributed by atoms with van der Waals surface area (Å²) < 4.78 is 0. The van der Waals surface area contributed by atoms with E-state index in [2.05, 4.69) is 0 Å². The third kappa shape index (κ3) is 7.82. The summed E-state index contributed by atoms with van der Waals surface area (Å²) in [5.41, 5.74) is 5.71. The molecule has 0 radical (unpaired) electrons. The van der Waals surface area contributed by atoms with Gasteiger partial charge >= 0.3 is 5.97 Å². The molecule has 0 aliphatic rings. The Balaban J connectivity index is 0. The lowest BCUT2D eigenvalue weighted by Crippen LogP contribution is -2.26. The largest absolute Gasteiger partial charge is 0.481 e. The summed E-state index contributed by atoms with van der Waals surface area (Å²) in [7, 11) is 0. The van der Waals surface area contributed by atoms with Gasteiger partial charge in [-0.3, -0.25) is 4.79 Å². The zero-order valence-electron chi connectivity index (χ0n) is 7.62. The summed E-state index contributed by atoms with van der Waals surface area (Å²) in [5.74, 6) is -0.287. The molecule has 74 valence electrons. The second-order valence-electron chi connectivity index (χ2n) is 3.19. The van der Waals surface area contributed by atoms with Crippen molar-refractivity contribution in [2.24, 2.45) is 11.7 Å². The van der Waals surface area contributed by atoms with Gasteiger partial charge in [-0.2, -0.15) is 0 Å². The zero-order valence-corrected chi connectivity index (χ0v) is 8.43. The fraction of sp³-hybridized carbons (Fsp3) is 0.875. The molecule has 1 atom stereocenters. The molecular weight excluding hydrogens is 178 g/mol. The quantitative estimate of drug-likeness (QED) is 0.701. The lowest BCUT2D eigenvalue weighted by Gasteiger charge is -2.13. The predicted molar refractivity (Wildman–Crippen MR) is 51.5 cm³/mol. The number of carboxylic acids is 1. The summed E-state index contributed by atoms with van der Waals surface area (Å²) >= 11 is 0. The van der Waals surface area contributed by atoms with Gasteiger partial charge in [-0.15, -0.1) is 12.4 Å². The number of halogens is 1. The molecule has 0 saturated heterocycles. The monoisotopic (exact) mass is 195 g/mol. The minimum Gasteiger partial charge on any atom is -0.481 e. The van der Waals surface area contributed by atoms with E-state index in [1.807, 2.05) is 13.8 Å². The molecule has 0 aromatic rings. The van der Waals surface area contributed by atoms with E-state index in [4.69, 9.17) is 10.8 Å². The van der Waals surface area contributed by atoms with Crippen LogP contribution in [-0.2, 0) is 4.79 Å². The first-order chi connectivity index (χ1) is 5.04. The molecule has 0 amide bonds. The van der Waals surface area contributed by atoms with E-state index in [9.17, 15) is 4.79 Å². The molecule has 0 aromatic carbocycles. The number of carbonyl (C=O) groups is 1. The minimum atomic E-state index is -0.735. The van der Waals surface area contributed by atoms with Crippen LogP contribution in [-0.4, -0.2) is 17.1 Å². The molecule has 4 heteroatoms. The van der Waals surface area contributed by atoms with Gasteiger partial charge in [0.1, 0.15) is 0 Å². The van der Waals surface area contributed by atoms with Crippen molar-refractivity contribution in [3.63, 3.8) is 0 Å². The summed E-state index contributed by atoms with van der Waals surface area (Å²) in [6.45, 7) is 4.09. The smallest absolute Gasteiger partial charge is 0.303 e. The highest BCUT2D eigenvalue weighted by Gasteiger charge is 2.07. The van der Waals surface area contributed by atoms with Crippen molar-refractivity contribution < 1.29 is 9.90 Å². The van der Waals surface area contributed by atoms with Crippen LogP contribution in [0.2, 0.25) is 0 Å². The second-order valence-corrected chi connectivity index (χ2v) is 3.19. The standard InChI is InChI=1S/C8H17NO2.ClH/c1-6(2)7(9)4-3-5-8(10)11;/h6-7H,3-5,9H2,1-2H3,(H,10,11);1H. The highest BCUT2D eigenvalue weighted by Crippen LogP contribution is 2.06. The van der Waals surface area contributed by atoms with Crippen LogP contribution in [0.25, 0.3) is 0 Å². The zero-order chi connectivity index (χ0) is 8.85. The molecule has 3 nitrogen and oxygen atoms in total. The van der Waals surface area contributed by atoms with E-state index < -0.39 is 5.97 Å². The summed E-state index contributed by atoms with van der Waals surface area (Å²) in [6, 6.07) is 0.148. The van der Waals surface area contributed by atoms with Gasteiger partial charge in [0, 0.05) is 12.5 Å². The van der Waals surface area contributed by atoms with Crippen LogP contribution in [0.3, 0.4) is 0 Å². The number of rotatable bonds is 5. The Hall–Kier alpha value is -0.280. The molecule has 0 aliphatic heterocycles. The summed E-state index contributed by atoms with van der Waals surface area (Å²) in [5, 5.41) is 8.32. The van der Waals surface area contributed by atoms with Gasteiger partial charge in [-0.05, 0) is 18.8 Å². The van der Waals surface area contributed by atoms with Gasteiger partial charge in [0.2, 0.25) is 0 Å². The molecule has 1 unspecified atom stereocenters. The van der Waals surface area contributed by atoms with Crippen LogP contribution < -0.4 is 5.73 Å². The van der Waals surface area contributed by atoms with E-state index in [-0.39, 0.29) is 24.9 Å². The first kappa shape index (κ1) is 14.3. The van der Waals surface area contributed by atoms with E-state index >= 15 is 0 Å². The number of nitrogens with two attached hydrogens (primary N) is 1. The average molecular weight is 196 g/mol. The van der Waals surface area contributed by atoms with Gasteiger partial charge in [0.15, 0.2) is 0 Å². The molecule has 0 bridgehead atoms. The Kier molecular flexibility index (Phi) is 8.76. The van der Waals surface area contributed by atoms with E-state index in [1.165, 1.54) is 0 Å². The van der Waals surface area contributed by atoms with E-state index in [0.29, 0.717) is 12.3 Å². The Bertz CT molecular complexity index is 128. The second kappa shape index (κ2) is 7.37. The fourth-order valence-electron chi connectivity index (χ4n) is 0.822. The van der Waals surface area contributed by atoms with Gasteiger partial charge in [0.25, 0.3) is 0 Å². The van der Waals surface area contributed by atoms with Gasteiger partial charge in [-0.1, -0.05) is 13.8 Å². The summed E-state index contributed by atoms with van der Waals surface area (Å²) in [4.78, 5) is 10.1. The van der Waals surface area contributed by atoms with Crippen LogP contribution in [0.1, 0.15) is 33.1 Å². The molecule has 0 rings (SSSR count). The Morgan fingerprint density at radius 3 is 2.33 bits per heavy atom. The first-order valence-electron chi connectivity index (χ1n) is 4.01. The number of carboxylic acid groups (broad SMARTS) is 1. The van der Waals surface area contributed by atoms with Crippen LogP contribution in [0.4, 0.5) is 0 Å². The van der Waals surface area contributed by atoms with Crippen LogP contribution >= 0.6 is 12.4 Å². The minimum absolute atomic E-state index is 0. The predicted octanol–water partition coefficient (Wildman–Crippen LogP) is 1.65. The molecule has 0 heterocycles. The third-order valence-electron chi connectivity index (χ3n) is 1.78. The SMILES string of the molecule is CC(C)C(N)CCCC(=O)O.Cl. The molecule has 3 N–H and O–H groups in total. The van der Waals surface area contributed by atoms with Crippen molar-refractivity contribution in [2.45, 2.75) is 39.2 Å². The molecular formula is C8H18ClNO2. The maximum atomic E-state index is 10.1. The van der Waals surface area contributed by atoms with Crippen molar-refractivity contribution in [3.8, 4) is 0 Å². The molecule has 0 saturated carbocycles. The molecule has 12 heavy (non-hydrogen) atoms. The highest BCUT2D eigenvalue weighted by atomic mass is 35.5. The maximum absolute atomic E-state index is 10.1. The van der Waals surface area contributed by atoms with Gasteiger partial charge < -0.3 is 10.8 Å². The van der Waals surface area contributed by atoms with Gasteiger partial charge in [-0.25, -0.2) is 0 Å². The molecule has 0 spiro atoms. The Morgan fingerprint density at radius 2 is 2.00 bits per heavy atom. The normalized spacial score (nSPS) is 12.3. The molecule has 0 fully saturated rings. The molecule has 0 aliphatic carbocycles. The maximum Gasteiger partial charge on any atom is 0.303 e. The first-order valence-corrected chi connectivity index (χ1v) is 4.01. The van der Waals surface area contributed by atoms with Crippen LogP contribution in [0.5, 0.6) is 0 Å². The van der Waals surface area contributed by atoms with Crippen LogP contribution in [0, 0.1) is 5.92 Å². The van der Waals surface area contributed by atoms with Crippen LogP contribution in [0.15, 0.2) is 0 Å². The number of aliphatic carboxylic acids is 1. The Morgan fingerprint density at radius 1 is 1.50 bits per heavy atom. The topological polar surface area (TPSA) is 63.3 Å². The van der Waals surface area contributed by atoms with Crippen molar-refractivity contribution in [2.75, 3.05) is 0 Å². The van der Waals surface area contributed by atoms with E-state index in [0.717, 1.165) is 6.42 Å². The van der Waals surface area contributed by atoms with Crippen molar-refractivity contribution in [1.29, 1.82) is 0 Å². The lowest BCUT2D eigenvalue weighted by atomic mass is 10.00. The molecule has 0 aromatic heterocycles.